The van der Waals surface area contributed by atoms with E-state index in [0.717, 1.165) is 148 Å². The van der Waals surface area contributed by atoms with Gasteiger partial charge in [0, 0.05) is 85.2 Å². The second-order valence-corrected chi connectivity index (χ2v) is 44.1. The van der Waals surface area contributed by atoms with Crippen molar-refractivity contribution < 1.29 is 73.2 Å². The Bertz CT molecular complexity index is 3440. The Hall–Kier alpha value is -4.30. The number of carboxylic acid groups (broad SMARTS) is 1. The van der Waals surface area contributed by atoms with Gasteiger partial charge in [-0.1, -0.05) is 104 Å². The van der Waals surface area contributed by atoms with Crippen molar-refractivity contribution in [2.45, 2.75) is 333 Å². The second kappa shape index (κ2) is 40.3. The Morgan fingerprint density at radius 3 is 0.950 bits per heavy atom. The van der Waals surface area contributed by atoms with Gasteiger partial charge >= 0.3 is 23.9 Å². The fourth-order valence-corrected chi connectivity index (χ4v) is 30.5. The van der Waals surface area contributed by atoms with E-state index in [2.05, 4.69) is 96.4 Å². The number of rotatable bonds is 19. The normalized spacial score (nSPS) is 43.7. The van der Waals surface area contributed by atoms with Crippen LogP contribution >= 0.6 is 0 Å². The molecule has 15 rings (SSSR count). The molecule has 0 bridgehead atoms. The van der Waals surface area contributed by atoms with Crippen LogP contribution in [0.1, 0.15) is 308 Å². The smallest absolute Gasteiger partial charge is 0.302 e. The maximum atomic E-state index is 12.1. The molecule has 3 heterocycles. The number of hydrogen-bond acceptors (Lipinski definition) is 17. The van der Waals surface area contributed by atoms with Crippen molar-refractivity contribution in [1.82, 2.24) is 14.7 Å². The van der Waals surface area contributed by atoms with E-state index in [1.54, 1.807) is 0 Å². The van der Waals surface area contributed by atoms with Crippen LogP contribution in [0.5, 0.6) is 0 Å². The number of ether oxygens (including phenoxy) is 4. The van der Waals surface area contributed by atoms with Crippen LogP contribution in [-0.4, -0.2) is 186 Å². The van der Waals surface area contributed by atoms with Gasteiger partial charge in [0.05, 0.1) is 25.4 Å². The molecule has 120 heavy (non-hydrogen) atoms. The summed E-state index contributed by atoms with van der Waals surface area (Å²) in [5, 5.41) is 49.3. The zero-order chi connectivity index (χ0) is 87.2. The Kier molecular flexibility index (Phi) is 32.4. The largest absolute Gasteiger partial charge is 0.481 e. The number of aldehydes is 1. The van der Waals surface area contributed by atoms with E-state index in [0.29, 0.717) is 116 Å². The summed E-state index contributed by atoms with van der Waals surface area (Å²) in [7, 11) is 0. The van der Waals surface area contributed by atoms with Gasteiger partial charge in [-0.3, -0.25) is 24.0 Å². The summed E-state index contributed by atoms with van der Waals surface area (Å²) in [6.07, 6.45) is 38.3. The highest BCUT2D eigenvalue weighted by Crippen LogP contribution is 2.69. The number of aliphatic carboxylic acids is 1. The predicted molar refractivity (Wildman–Crippen MR) is 473 cm³/mol. The number of fused-ring (bicyclic) bond motifs is 4. The molecule has 15 fully saturated rings. The number of likely N-dealkylation sites (tertiary alicyclic amines) is 3. The highest BCUT2D eigenvalue weighted by atomic mass is 16.6. The zero-order valence-corrected chi connectivity index (χ0v) is 77.3. The third-order valence-corrected chi connectivity index (χ3v) is 38.1. The number of carbonyl (C=O) groups is 6. The molecule has 15 aliphatic rings. The van der Waals surface area contributed by atoms with Gasteiger partial charge in [-0.25, -0.2) is 0 Å². The quantitative estimate of drug-likeness (QED) is 0.0349. The zero-order valence-electron chi connectivity index (χ0n) is 77.3. The summed E-state index contributed by atoms with van der Waals surface area (Å²) < 4.78 is 22.4. The fraction of sp³-hybridized carbons (Fsp3) is 0.863. The van der Waals surface area contributed by atoms with Gasteiger partial charge in [0.15, 0.2) is 0 Å². The minimum absolute atomic E-state index is 0.0372. The van der Waals surface area contributed by atoms with E-state index >= 15 is 0 Å². The number of esters is 4. The van der Waals surface area contributed by atoms with Crippen LogP contribution in [0.2, 0.25) is 0 Å². The van der Waals surface area contributed by atoms with Gasteiger partial charge in [-0.05, 0) is 378 Å². The van der Waals surface area contributed by atoms with E-state index in [4.69, 9.17) is 28.8 Å². The molecule has 0 aromatic heterocycles. The van der Waals surface area contributed by atoms with Crippen molar-refractivity contribution in [2.75, 3.05) is 85.3 Å². The predicted octanol–water partition coefficient (Wildman–Crippen LogP) is 18.4. The first-order chi connectivity index (χ1) is 56.7. The summed E-state index contributed by atoms with van der Waals surface area (Å²) in [6, 6.07) is 0. The lowest BCUT2D eigenvalue weighted by Crippen LogP contribution is -2.53. The molecule has 680 valence electrons. The Balaban J connectivity index is 0.000000154. The van der Waals surface area contributed by atoms with E-state index in [1.807, 2.05) is 0 Å². The molecule has 18 nitrogen and oxygen atoms in total. The van der Waals surface area contributed by atoms with Crippen molar-refractivity contribution in [3.63, 3.8) is 0 Å². The van der Waals surface area contributed by atoms with Gasteiger partial charge in [0.2, 0.25) is 0 Å². The molecule has 0 spiro atoms. The molecule has 3 aliphatic heterocycles. The lowest BCUT2D eigenvalue weighted by atomic mass is 9.49. The van der Waals surface area contributed by atoms with Crippen LogP contribution in [0.4, 0.5) is 0 Å². The standard InChI is InChI=1S/C28H45NO4.2C24H41NO2.C24H36O5.C2H4O2/c1-19-8-9-25-24(18-32-20(2)30)26(11-13-27(19,25)4)28(5)12-10-23(33-21(3)31)16-22(28)17-29-14-6-7-15-29;2*1-17-6-7-21-20(16-26)22(9-11-23(17,21)2)24(3)10-8-19(27)14-18(24)15-25-12-4-5-13-25;1-15-6-7-21-20(14-28-16(2)26)22(9-11-23(15,21)4)24(5)10-8-19(29-17(3)27)12-18(24)13-25;1-2(3)4/h22-26H,1,6-18H2,2-5H3;2*18-22,26-27H,1,4-16H2,2-3H3;13,18-22H,1,6-12,14H2,2-5H3;1H3,(H,3,4)/t22-,23+,24+,25?,26?,27-,28+;3*18-,19+,20+,21?,22?,23-,24+;/m1111./s1. The molecule has 0 aromatic carbocycles. The molecule has 5 N–H and O–H groups in total. The number of allylic oxidation sites excluding steroid dienone is 4. The molecule has 8 unspecified atom stereocenters. The number of hydrogen-bond donors (Lipinski definition) is 5. The minimum Gasteiger partial charge on any atom is -0.481 e. The average Bonchev–Trinajstić information content (AvgIpc) is 1.44. The lowest BCUT2D eigenvalue weighted by molar-refractivity contribution is -0.159. The van der Waals surface area contributed by atoms with Crippen molar-refractivity contribution in [3.05, 3.63) is 48.6 Å². The summed E-state index contributed by atoms with van der Waals surface area (Å²) in [5.74, 6) is 5.38. The number of carboxylic acids is 1. The van der Waals surface area contributed by atoms with E-state index in [1.165, 1.54) is 186 Å². The molecule has 28 atom stereocenters. The SMILES string of the molecule is C=C1CCC2[C@H](CO)C([C@@]3(C)CC[C@H](O)C[C@@H]3CN3CCCC3)CC[C@]12C.C=C1CCC2[C@H](CO)C([C@@]3(C)CC[C@H](O)C[C@@H]3CN3CCCC3)CC[C@]12C.C=C1CCC2[C@H](COC(C)=O)C([C@@]3(C)CC[C@H](OC(C)=O)C[C@@H]3C=O)CC[C@]12C.C=C1CCC2[C@H](COC(C)=O)C([C@@]3(C)CC[C@H](OC(C)=O)C[C@@H]3CN3CCCC3)CC[C@]12C.CC(=O)O. The van der Waals surface area contributed by atoms with Gasteiger partial charge in [-0.2, -0.15) is 0 Å². The minimum atomic E-state index is -0.833. The van der Waals surface area contributed by atoms with E-state index < -0.39 is 5.97 Å². The van der Waals surface area contributed by atoms with Crippen LogP contribution in [0.25, 0.3) is 0 Å². The lowest BCUT2D eigenvalue weighted by Gasteiger charge is -2.57. The maximum Gasteiger partial charge on any atom is 0.302 e. The topological polar surface area (TPSA) is 250 Å². The fourth-order valence-electron chi connectivity index (χ4n) is 30.5. The maximum absolute atomic E-state index is 12.1. The van der Waals surface area contributed by atoms with Crippen molar-refractivity contribution in [3.8, 4) is 0 Å². The third-order valence-electron chi connectivity index (χ3n) is 38.1. The molecule has 12 aliphatic carbocycles. The third kappa shape index (κ3) is 20.6. The summed E-state index contributed by atoms with van der Waals surface area (Å²) in [4.78, 5) is 75.6. The van der Waals surface area contributed by atoms with Crippen LogP contribution in [0, 0.1) is 138 Å². The summed E-state index contributed by atoms with van der Waals surface area (Å²) in [6.45, 7) is 56.3. The average molecular weight is 1680 g/mol. The highest BCUT2D eigenvalue weighted by Gasteiger charge is 2.63. The first-order valence-corrected chi connectivity index (χ1v) is 48.5. The van der Waals surface area contributed by atoms with Crippen molar-refractivity contribution in [1.29, 1.82) is 0 Å². The van der Waals surface area contributed by atoms with Crippen LogP contribution in [0.15, 0.2) is 48.6 Å². The summed E-state index contributed by atoms with van der Waals surface area (Å²) >= 11 is 0. The molecule has 12 saturated carbocycles. The second-order valence-electron chi connectivity index (χ2n) is 44.1. The van der Waals surface area contributed by atoms with Crippen LogP contribution in [0.3, 0.4) is 0 Å². The molecule has 0 aromatic rings. The van der Waals surface area contributed by atoms with Crippen LogP contribution < -0.4 is 0 Å². The van der Waals surface area contributed by atoms with Gasteiger partial charge in [-0.15, -0.1) is 0 Å². The van der Waals surface area contributed by atoms with Gasteiger partial charge < -0.3 is 64.0 Å². The van der Waals surface area contributed by atoms with Crippen molar-refractivity contribution in [2.24, 2.45) is 138 Å². The Morgan fingerprint density at radius 1 is 0.375 bits per heavy atom. The molecular weight excluding hydrogens is 1510 g/mol. The number of aliphatic hydroxyl groups is 4. The number of nitrogens with zero attached hydrogens (tertiary/aromatic N) is 3. The molecular formula is C102H167N3O15. The summed E-state index contributed by atoms with van der Waals surface area (Å²) in [5.41, 5.74) is 6.85. The number of carbonyl (C=O) groups excluding carboxylic acids is 5. The molecule has 3 saturated heterocycles. The Labute approximate surface area is 724 Å². The first kappa shape index (κ1) is 96.3. The highest BCUT2D eigenvalue weighted by molar-refractivity contribution is 5.67. The van der Waals surface area contributed by atoms with E-state index in [9.17, 15) is 44.4 Å². The van der Waals surface area contributed by atoms with E-state index in [-0.39, 0.29) is 103 Å². The monoisotopic (exact) mass is 1670 g/mol. The van der Waals surface area contributed by atoms with Crippen molar-refractivity contribution >= 4 is 36.1 Å². The first-order valence-electron chi connectivity index (χ1n) is 48.5. The van der Waals surface area contributed by atoms with Gasteiger partial charge in [0.25, 0.3) is 5.97 Å². The van der Waals surface area contributed by atoms with Gasteiger partial charge in [0.1, 0.15) is 18.5 Å². The Morgan fingerprint density at radius 2 is 0.650 bits per heavy atom. The van der Waals surface area contributed by atoms with Crippen LogP contribution in [-0.2, 0) is 47.7 Å². The number of aliphatic hydroxyl groups excluding tert-OH is 4. The molecule has 0 amide bonds. The molecule has 18 heteroatoms. The molecule has 0 radical (unpaired) electrons.